The van der Waals surface area contributed by atoms with E-state index in [-0.39, 0.29) is 23.1 Å². The molecular weight excluding hydrogens is 252 g/mol. The molecule has 2 rings (SSSR count). The van der Waals surface area contributed by atoms with Crippen molar-refractivity contribution in [2.45, 2.75) is 44.0 Å². The molecule has 1 N–H and O–H groups in total. The second-order valence-corrected chi connectivity index (χ2v) is 7.10. The van der Waals surface area contributed by atoms with Gasteiger partial charge in [-0.05, 0) is 32.6 Å². The Morgan fingerprint density at radius 1 is 1.44 bits per heavy atom. The second kappa shape index (κ2) is 4.99. The molecule has 1 heterocycles. The Balaban J connectivity index is 2.11. The Morgan fingerprint density at radius 2 is 2.06 bits per heavy atom. The van der Waals surface area contributed by atoms with Crippen molar-refractivity contribution < 1.29 is 13.8 Å². The standard InChI is InChI=1S/C12H20N2O3S/c1-7(18(3)17)6-14-8(2)11(15)13-10(12(14)16)9-4-5-9/h7-10H,4-6H2,1-3H3,(H,13,15). The third-order valence-electron chi connectivity index (χ3n) is 3.81. The topological polar surface area (TPSA) is 66.5 Å². The predicted octanol–water partition coefficient (Wildman–Crippen LogP) is -0.121. The minimum absolute atomic E-state index is 0.0121. The molecule has 2 amide bonds. The van der Waals surface area contributed by atoms with Crippen LogP contribution in [0.2, 0.25) is 0 Å². The summed E-state index contributed by atoms with van der Waals surface area (Å²) in [6, 6.07) is -0.815. The first kappa shape index (κ1) is 13.5. The summed E-state index contributed by atoms with van der Waals surface area (Å²) in [7, 11) is -0.985. The maximum atomic E-state index is 12.3. The Hall–Kier alpha value is -0.910. The quantitative estimate of drug-likeness (QED) is 0.776. The first-order valence-corrected chi connectivity index (χ1v) is 7.97. The third-order valence-corrected chi connectivity index (χ3v) is 5.09. The lowest BCUT2D eigenvalue weighted by Crippen LogP contribution is -2.64. The Kier molecular flexibility index (Phi) is 3.75. The Labute approximate surface area is 110 Å². The Morgan fingerprint density at radius 3 is 2.56 bits per heavy atom. The SMILES string of the molecule is CC1C(=O)NC(C2CC2)C(=O)N1CC(C)S(C)=O. The van der Waals surface area contributed by atoms with Gasteiger partial charge in [-0.25, -0.2) is 0 Å². The van der Waals surface area contributed by atoms with Crippen LogP contribution in [0.5, 0.6) is 0 Å². The van der Waals surface area contributed by atoms with Crippen molar-refractivity contribution in [3.05, 3.63) is 0 Å². The highest BCUT2D eigenvalue weighted by molar-refractivity contribution is 7.84. The number of carbonyl (C=O) groups excluding carboxylic acids is 2. The number of nitrogens with one attached hydrogen (secondary N) is 1. The first-order chi connectivity index (χ1) is 8.41. The van der Waals surface area contributed by atoms with Gasteiger partial charge in [-0.15, -0.1) is 0 Å². The maximum Gasteiger partial charge on any atom is 0.246 e. The number of piperazine rings is 1. The fourth-order valence-corrected chi connectivity index (χ4v) is 2.60. The van der Waals surface area contributed by atoms with Crippen molar-refractivity contribution in [2.24, 2.45) is 5.92 Å². The normalized spacial score (nSPS) is 32.1. The van der Waals surface area contributed by atoms with E-state index in [0.717, 1.165) is 12.8 Å². The van der Waals surface area contributed by atoms with Crippen LogP contribution in [0.25, 0.3) is 0 Å². The van der Waals surface area contributed by atoms with Gasteiger partial charge in [0.15, 0.2) is 0 Å². The summed E-state index contributed by atoms with van der Waals surface area (Å²) in [4.78, 5) is 25.8. The van der Waals surface area contributed by atoms with Gasteiger partial charge in [0.2, 0.25) is 11.8 Å². The lowest BCUT2D eigenvalue weighted by atomic mass is 10.0. The summed E-state index contributed by atoms with van der Waals surface area (Å²) in [5, 5.41) is 2.70. The van der Waals surface area contributed by atoms with Crippen molar-refractivity contribution in [2.75, 3.05) is 12.8 Å². The van der Waals surface area contributed by atoms with Gasteiger partial charge >= 0.3 is 0 Å². The number of amides is 2. The number of hydrogen-bond acceptors (Lipinski definition) is 3. The highest BCUT2D eigenvalue weighted by Crippen LogP contribution is 2.35. The molecule has 6 heteroatoms. The summed E-state index contributed by atoms with van der Waals surface area (Å²) in [5.41, 5.74) is 0. The molecule has 5 nitrogen and oxygen atoms in total. The maximum absolute atomic E-state index is 12.3. The molecule has 2 aliphatic rings. The van der Waals surface area contributed by atoms with Crippen LogP contribution in [0.3, 0.4) is 0 Å². The molecule has 4 atom stereocenters. The first-order valence-electron chi connectivity index (χ1n) is 6.35. The van der Waals surface area contributed by atoms with Crippen LogP contribution >= 0.6 is 0 Å². The molecule has 0 aromatic heterocycles. The van der Waals surface area contributed by atoms with Crippen LogP contribution < -0.4 is 5.32 Å². The number of hydrogen-bond donors (Lipinski definition) is 1. The zero-order valence-electron chi connectivity index (χ0n) is 11.0. The molecule has 0 spiro atoms. The van der Waals surface area contributed by atoms with Crippen LogP contribution in [-0.2, 0) is 20.4 Å². The summed E-state index contributed by atoms with van der Waals surface area (Å²) < 4.78 is 11.4. The fraction of sp³-hybridized carbons (Fsp3) is 0.833. The van der Waals surface area contributed by atoms with Crippen LogP contribution in [0.15, 0.2) is 0 Å². The Bertz CT molecular complexity index is 395. The molecule has 0 bridgehead atoms. The van der Waals surface area contributed by atoms with Crippen LogP contribution in [-0.4, -0.2) is 51.1 Å². The second-order valence-electron chi connectivity index (χ2n) is 5.30. The van der Waals surface area contributed by atoms with E-state index in [2.05, 4.69) is 5.32 Å². The van der Waals surface area contributed by atoms with Gasteiger partial charge in [0, 0.05) is 28.9 Å². The summed E-state index contributed by atoms with van der Waals surface area (Å²) in [6.07, 6.45) is 3.64. The van der Waals surface area contributed by atoms with E-state index in [9.17, 15) is 13.8 Å². The zero-order chi connectivity index (χ0) is 13.4. The number of nitrogens with zero attached hydrogens (tertiary/aromatic N) is 1. The van der Waals surface area contributed by atoms with Crippen molar-refractivity contribution >= 4 is 22.6 Å². The van der Waals surface area contributed by atoms with Crippen LogP contribution in [0.4, 0.5) is 0 Å². The highest BCUT2D eigenvalue weighted by atomic mass is 32.2. The molecule has 102 valence electrons. The van der Waals surface area contributed by atoms with Crippen LogP contribution in [0, 0.1) is 5.92 Å². The average Bonchev–Trinajstić information content (AvgIpc) is 3.12. The molecule has 1 saturated carbocycles. The molecule has 0 radical (unpaired) electrons. The van der Waals surface area contributed by atoms with E-state index < -0.39 is 16.8 Å². The third kappa shape index (κ3) is 2.58. The number of carbonyl (C=O) groups is 2. The molecule has 0 aromatic rings. The van der Waals surface area contributed by atoms with Gasteiger partial charge in [0.25, 0.3) is 0 Å². The van der Waals surface area contributed by atoms with E-state index in [1.807, 2.05) is 6.92 Å². The van der Waals surface area contributed by atoms with Crippen LogP contribution in [0.1, 0.15) is 26.7 Å². The van der Waals surface area contributed by atoms with E-state index in [0.29, 0.717) is 12.5 Å². The fourth-order valence-electron chi connectivity index (χ4n) is 2.23. The molecule has 2 fully saturated rings. The lowest BCUT2D eigenvalue weighted by Gasteiger charge is -2.38. The minimum Gasteiger partial charge on any atom is -0.342 e. The lowest BCUT2D eigenvalue weighted by molar-refractivity contribution is -0.149. The van der Waals surface area contributed by atoms with E-state index in [1.165, 1.54) is 0 Å². The summed E-state index contributed by atoms with van der Waals surface area (Å²) in [5.74, 6) is 0.196. The smallest absolute Gasteiger partial charge is 0.246 e. The van der Waals surface area contributed by atoms with Gasteiger partial charge in [0.1, 0.15) is 12.1 Å². The van der Waals surface area contributed by atoms with Gasteiger partial charge in [-0.3, -0.25) is 13.8 Å². The molecule has 1 aliphatic heterocycles. The van der Waals surface area contributed by atoms with E-state index in [1.54, 1.807) is 18.1 Å². The van der Waals surface area contributed by atoms with Gasteiger partial charge in [-0.2, -0.15) is 0 Å². The predicted molar refractivity (Wildman–Crippen MR) is 69.4 cm³/mol. The van der Waals surface area contributed by atoms with Crippen molar-refractivity contribution in [3.63, 3.8) is 0 Å². The number of rotatable bonds is 4. The van der Waals surface area contributed by atoms with Crippen molar-refractivity contribution in [1.82, 2.24) is 10.2 Å². The molecule has 1 saturated heterocycles. The zero-order valence-corrected chi connectivity index (χ0v) is 11.8. The molecule has 4 unspecified atom stereocenters. The van der Waals surface area contributed by atoms with E-state index >= 15 is 0 Å². The summed E-state index contributed by atoms with van der Waals surface area (Å²) in [6.45, 7) is 3.95. The molecule has 18 heavy (non-hydrogen) atoms. The van der Waals surface area contributed by atoms with Gasteiger partial charge < -0.3 is 10.2 Å². The van der Waals surface area contributed by atoms with Gasteiger partial charge in [-0.1, -0.05) is 0 Å². The van der Waals surface area contributed by atoms with Crippen molar-refractivity contribution in [1.29, 1.82) is 0 Å². The average molecular weight is 272 g/mol. The molecular formula is C12H20N2O3S. The van der Waals surface area contributed by atoms with Crippen molar-refractivity contribution in [3.8, 4) is 0 Å². The minimum atomic E-state index is -0.985. The molecule has 0 aromatic carbocycles. The monoisotopic (exact) mass is 272 g/mol. The van der Waals surface area contributed by atoms with Gasteiger partial charge in [0.05, 0.1) is 0 Å². The highest BCUT2D eigenvalue weighted by Gasteiger charge is 2.45. The molecule has 1 aliphatic carbocycles. The largest absolute Gasteiger partial charge is 0.342 e. The summed E-state index contributed by atoms with van der Waals surface area (Å²) >= 11 is 0. The van der Waals surface area contributed by atoms with E-state index in [4.69, 9.17) is 0 Å².